The molecule has 11 heteroatoms. The van der Waals surface area contributed by atoms with Crippen LogP contribution in [-0.2, 0) is 4.79 Å². The number of carbonyl (C=O) groups is 1. The molecule has 6 N–H and O–H groups in total. The topological polar surface area (TPSA) is 159 Å². The van der Waals surface area contributed by atoms with Gasteiger partial charge in [0.05, 0.1) is 39.7 Å². The van der Waals surface area contributed by atoms with E-state index in [-0.39, 0.29) is 18.3 Å². The zero-order valence-electron chi connectivity index (χ0n) is 20.2. The number of anilines is 2. The Labute approximate surface area is 207 Å². The van der Waals surface area contributed by atoms with Gasteiger partial charge >= 0.3 is 0 Å². The van der Waals surface area contributed by atoms with Crippen LogP contribution >= 0.6 is 11.3 Å². The molecule has 35 heavy (non-hydrogen) atoms. The summed E-state index contributed by atoms with van der Waals surface area (Å²) in [7, 11) is 0. The smallest absolute Gasteiger partial charge is 0.226 e. The fraction of sp³-hybridized carbons (Fsp3) is 0.542. The maximum absolute atomic E-state index is 12.7. The first-order valence-corrected chi connectivity index (χ1v) is 12.7. The fourth-order valence-electron chi connectivity index (χ4n) is 4.67. The van der Waals surface area contributed by atoms with Gasteiger partial charge < -0.3 is 26.6 Å². The summed E-state index contributed by atoms with van der Waals surface area (Å²) in [5.41, 5.74) is 8.78. The molecule has 2 fully saturated rings. The number of hydrogen-bond donors (Lipinski definition) is 5. The van der Waals surface area contributed by atoms with Crippen LogP contribution in [0.1, 0.15) is 57.3 Å². The highest BCUT2D eigenvalue weighted by Gasteiger charge is 2.46. The van der Waals surface area contributed by atoms with Crippen LogP contribution in [0.4, 0.5) is 11.8 Å². The minimum absolute atomic E-state index is 0.0882. The molecule has 0 aliphatic heterocycles. The Bertz CT molecular complexity index is 1280. The first-order valence-electron chi connectivity index (χ1n) is 11.9. The molecule has 2 aliphatic rings. The largest absolute Gasteiger partial charge is 0.390 e. The molecule has 1 amide bonds. The third kappa shape index (κ3) is 4.67. The Morgan fingerprint density at radius 1 is 1.17 bits per heavy atom. The highest BCUT2D eigenvalue weighted by molar-refractivity contribution is 7.21. The average molecular weight is 498 g/mol. The van der Waals surface area contributed by atoms with Crippen LogP contribution in [0.25, 0.3) is 20.8 Å². The van der Waals surface area contributed by atoms with Gasteiger partial charge in [0.2, 0.25) is 11.9 Å². The SMILES string of the molecule is Cc1nc(N)nc(NC2CC(C(=O)NC(C)(C)C)C(O)C2O)c1-c1nc2c(C3CC3)nccc2s1. The number of hydrogen-bond acceptors (Lipinski definition) is 10. The van der Waals surface area contributed by atoms with E-state index in [9.17, 15) is 15.0 Å². The molecule has 0 bridgehead atoms. The van der Waals surface area contributed by atoms with E-state index in [0.717, 1.165) is 33.8 Å². The minimum Gasteiger partial charge on any atom is -0.390 e. The number of fused-ring (bicyclic) bond motifs is 1. The van der Waals surface area contributed by atoms with E-state index >= 15 is 0 Å². The van der Waals surface area contributed by atoms with E-state index in [2.05, 4.69) is 25.6 Å². The van der Waals surface area contributed by atoms with Crippen molar-refractivity contribution in [2.24, 2.45) is 5.92 Å². The van der Waals surface area contributed by atoms with Crippen molar-refractivity contribution in [3.8, 4) is 10.6 Å². The van der Waals surface area contributed by atoms with Crippen LogP contribution in [0.5, 0.6) is 0 Å². The summed E-state index contributed by atoms with van der Waals surface area (Å²) in [6.45, 7) is 7.46. The maximum atomic E-state index is 12.7. The molecule has 186 valence electrons. The summed E-state index contributed by atoms with van der Waals surface area (Å²) >= 11 is 1.53. The van der Waals surface area contributed by atoms with Gasteiger partial charge in [-0.15, -0.1) is 11.3 Å². The summed E-state index contributed by atoms with van der Waals surface area (Å²) in [4.78, 5) is 31.0. The molecular weight excluding hydrogens is 466 g/mol. The van der Waals surface area contributed by atoms with Crippen molar-refractivity contribution >= 4 is 39.2 Å². The number of aliphatic hydroxyl groups excluding tert-OH is 2. The van der Waals surface area contributed by atoms with Crippen molar-refractivity contribution in [2.45, 2.75) is 76.7 Å². The molecule has 3 aromatic heterocycles. The van der Waals surface area contributed by atoms with Crippen LogP contribution in [0.15, 0.2) is 12.3 Å². The van der Waals surface area contributed by atoms with Crippen LogP contribution in [0.3, 0.4) is 0 Å². The van der Waals surface area contributed by atoms with Crippen molar-refractivity contribution in [1.82, 2.24) is 25.3 Å². The van der Waals surface area contributed by atoms with Crippen LogP contribution in [-0.4, -0.2) is 59.8 Å². The second kappa shape index (κ2) is 8.65. The number of aromatic nitrogens is 4. The number of amides is 1. The number of pyridine rings is 1. The van der Waals surface area contributed by atoms with Crippen molar-refractivity contribution in [3.05, 3.63) is 23.7 Å². The van der Waals surface area contributed by atoms with Gasteiger partial charge in [0.15, 0.2) is 0 Å². The quantitative estimate of drug-likeness (QED) is 0.356. The molecular formula is C24H31N7O3S. The molecule has 0 radical (unpaired) electrons. The Balaban J connectivity index is 1.47. The molecule has 0 saturated heterocycles. The van der Waals surface area contributed by atoms with Gasteiger partial charge in [-0.2, -0.15) is 4.98 Å². The Morgan fingerprint density at radius 3 is 2.60 bits per heavy atom. The van der Waals surface area contributed by atoms with E-state index < -0.39 is 29.7 Å². The van der Waals surface area contributed by atoms with Gasteiger partial charge in [-0.1, -0.05) is 0 Å². The van der Waals surface area contributed by atoms with Gasteiger partial charge in [0, 0.05) is 17.7 Å². The lowest BCUT2D eigenvalue weighted by molar-refractivity contribution is -0.130. The Hall–Kier alpha value is -2.89. The van der Waals surface area contributed by atoms with Gasteiger partial charge in [-0.25, -0.2) is 9.97 Å². The van der Waals surface area contributed by atoms with Crippen LogP contribution in [0, 0.1) is 12.8 Å². The summed E-state index contributed by atoms with van der Waals surface area (Å²) in [5.74, 6) is -0.0759. The summed E-state index contributed by atoms with van der Waals surface area (Å²) < 4.78 is 1.04. The molecule has 4 unspecified atom stereocenters. The summed E-state index contributed by atoms with van der Waals surface area (Å²) in [6, 6.07) is 1.35. The molecule has 0 spiro atoms. The summed E-state index contributed by atoms with van der Waals surface area (Å²) in [6.07, 6.45) is 1.96. The van der Waals surface area contributed by atoms with E-state index in [4.69, 9.17) is 10.7 Å². The first kappa shape index (κ1) is 23.8. The van der Waals surface area contributed by atoms with Crippen molar-refractivity contribution in [1.29, 1.82) is 0 Å². The number of aryl methyl sites for hydroxylation is 1. The fourth-order valence-corrected chi connectivity index (χ4v) is 5.73. The molecule has 2 saturated carbocycles. The summed E-state index contributed by atoms with van der Waals surface area (Å²) in [5, 5.41) is 28.3. The Kier molecular flexibility index (Phi) is 5.89. The van der Waals surface area contributed by atoms with Crippen molar-refractivity contribution in [2.75, 3.05) is 11.1 Å². The maximum Gasteiger partial charge on any atom is 0.226 e. The Morgan fingerprint density at radius 2 is 1.91 bits per heavy atom. The predicted octanol–water partition coefficient (Wildman–Crippen LogP) is 2.35. The molecule has 3 heterocycles. The predicted molar refractivity (Wildman–Crippen MR) is 135 cm³/mol. The molecule has 0 aromatic carbocycles. The molecule has 10 nitrogen and oxygen atoms in total. The minimum atomic E-state index is -1.20. The second-order valence-electron chi connectivity index (χ2n) is 10.5. The molecule has 5 rings (SSSR count). The lowest BCUT2D eigenvalue weighted by Crippen LogP contribution is -2.46. The first-order chi connectivity index (χ1) is 16.5. The van der Waals surface area contributed by atoms with Crippen molar-refractivity contribution < 1.29 is 15.0 Å². The number of nitrogens with zero attached hydrogens (tertiary/aromatic N) is 4. The lowest BCUT2D eigenvalue weighted by Gasteiger charge is -2.24. The van der Waals surface area contributed by atoms with E-state index in [1.165, 1.54) is 11.3 Å². The monoisotopic (exact) mass is 497 g/mol. The second-order valence-corrected chi connectivity index (χ2v) is 11.6. The number of thiazole rings is 1. The number of rotatable bonds is 5. The number of nitrogens with two attached hydrogens (primary N) is 1. The van der Waals surface area contributed by atoms with E-state index in [1.54, 1.807) is 0 Å². The highest BCUT2D eigenvalue weighted by atomic mass is 32.1. The lowest BCUT2D eigenvalue weighted by atomic mass is 10.0. The number of nitrogen functional groups attached to an aromatic ring is 1. The van der Waals surface area contributed by atoms with E-state index in [1.807, 2.05) is 40.0 Å². The highest BCUT2D eigenvalue weighted by Crippen LogP contribution is 2.44. The zero-order valence-corrected chi connectivity index (χ0v) is 21.1. The third-order valence-electron chi connectivity index (χ3n) is 6.46. The number of aliphatic hydroxyl groups is 2. The third-order valence-corrected chi connectivity index (χ3v) is 7.50. The molecule has 4 atom stereocenters. The van der Waals surface area contributed by atoms with Gasteiger partial charge in [0.25, 0.3) is 0 Å². The standard InChI is InChI=1S/C24H31N7O3S/c1-10-15(22-29-17-14(35-22)7-8-26-16(17)11-5-6-11)20(30-23(25)27-10)28-13-9-12(18(32)19(13)33)21(34)31-24(2,3)4/h7-8,11-13,18-19,32-33H,5-6,9H2,1-4H3,(H,31,34)(H3,25,27,28,30). The van der Waals surface area contributed by atoms with Crippen LogP contribution in [0.2, 0.25) is 0 Å². The van der Waals surface area contributed by atoms with Gasteiger partial charge in [-0.05, 0) is 53.0 Å². The van der Waals surface area contributed by atoms with Gasteiger partial charge in [-0.3, -0.25) is 9.78 Å². The number of nitrogens with one attached hydrogen (secondary N) is 2. The van der Waals surface area contributed by atoms with Gasteiger partial charge in [0.1, 0.15) is 22.4 Å². The zero-order chi connectivity index (χ0) is 25.1. The molecule has 3 aromatic rings. The molecule has 2 aliphatic carbocycles. The number of carbonyl (C=O) groups excluding carboxylic acids is 1. The normalized spacial score (nSPS) is 24.6. The van der Waals surface area contributed by atoms with E-state index in [0.29, 0.717) is 23.0 Å². The van der Waals surface area contributed by atoms with Crippen molar-refractivity contribution in [3.63, 3.8) is 0 Å². The average Bonchev–Trinajstić information content (AvgIpc) is 3.45. The van der Waals surface area contributed by atoms with Crippen LogP contribution < -0.4 is 16.4 Å².